The van der Waals surface area contributed by atoms with E-state index in [1.54, 1.807) is 6.92 Å². The Kier molecular flexibility index (Phi) is 4.32. The van der Waals surface area contributed by atoms with Crippen molar-refractivity contribution in [3.8, 4) is 0 Å². The first kappa shape index (κ1) is 15.7. The lowest BCUT2D eigenvalue weighted by Crippen LogP contribution is -2.40. The van der Waals surface area contributed by atoms with Crippen LogP contribution in [0.2, 0.25) is 0 Å². The maximum atomic E-state index is 6.08. The average molecular weight is 334 g/mol. The van der Waals surface area contributed by atoms with Crippen LogP contribution in [-0.2, 0) is 22.3 Å². The quantitative estimate of drug-likeness (QED) is 0.836. The van der Waals surface area contributed by atoms with E-state index in [4.69, 9.17) is 18.5 Å². The summed E-state index contributed by atoms with van der Waals surface area (Å²) in [5.74, 6) is 2.28. The fourth-order valence-electron chi connectivity index (χ4n) is 3.47. The lowest BCUT2D eigenvalue weighted by molar-refractivity contribution is -0.106. The molecule has 4 heterocycles. The molecule has 0 aliphatic carbocycles. The van der Waals surface area contributed by atoms with Gasteiger partial charge in [0.25, 0.3) is 0 Å². The van der Waals surface area contributed by atoms with E-state index < -0.39 is 0 Å². The number of aryl methyl sites for hydroxylation is 1. The third-order valence-corrected chi connectivity index (χ3v) is 4.97. The summed E-state index contributed by atoms with van der Waals surface area (Å²) >= 11 is 0. The van der Waals surface area contributed by atoms with Gasteiger partial charge in [0.2, 0.25) is 11.8 Å². The highest BCUT2D eigenvalue weighted by Crippen LogP contribution is 2.40. The van der Waals surface area contributed by atoms with Crippen LogP contribution in [0.5, 0.6) is 0 Å². The van der Waals surface area contributed by atoms with Gasteiger partial charge in [-0.2, -0.15) is 9.97 Å². The summed E-state index contributed by atoms with van der Waals surface area (Å²) in [5, 5.41) is 7.83. The van der Waals surface area contributed by atoms with E-state index >= 15 is 0 Å². The van der Waals surface area contributed by atoms with Gasteiger partial charge in [-0.15, -0.1) is 0 Å². The molecule has 0 N–H and O–H groups in total. The molecule has 1 atom stereocenters. The topological polar surface area (TPSA) is 96.3 Å². The molecule has 8 heteroatoms. The lowest BCUT2D eigenvalue weighted by atomic mass is 9.75. The molecule has 0 bridgehead atoms. The van der Waals surface area contributed by atoms with Crippen molar-refractivity contribution in [1.82, 2.24) is 20.3 Å². The SMILES string of the molecule is Cc1nc(Cc2noc(CC3CCC4(CCOCC4)CO3)n2)no1. The maximum absolute atomic E-state index is 6.08. The third kappa shape index (κ3) is 3.49. The van der Waals surface area contributed by atoms with Crippen LogP contribution < -0.4 is 0 Å². The maximum Gasteiger partial charge on any atom is 0.229 e. The molecule has 0 radical (unpaired) electrons. The van der Waals surface area contributed by atoms with Gasteiger partial charge in [-0.1, -0.05) is 10.3 Å². The van der Waals surface area contributed by atoms with E-state index in [0.29, 0.717) is 41.7 Å². The van der Waals surface area contributed by atoms with Crippen molar-refractivity contribution >= 4 is 0 Å². The Morgan fingerprint density at radius 1 is 1.04 bits per heavy atom. The van der Waals surface area contributed by atoms with Crippen LogP contribution in [0.4, 0.5) is 0 Å². The van der Waals surface area contributed by atoms with E-state index in [1.807, 2.05) is 0 Å². The summed E-state index contributed by atoms with van der Waals surface area (Å²) in [6, 6.07) is 0. The summed E-state index contributed by atoms with van der Waals surface area (Å²) in [4.78, 5) is 8.56. The van der Waals surface area contributed by atoms with Gasteiger partial charge in [0, 0.05) is 20.1 Å². The zero-order valence-corrected chi connectivity index (χ0v) is 13.9. The molecule has 2 aliphatic rings. The van der Waals surface area contributed by atoms with Crippen molar-refractivity contribution in [2.45, 2.75) is 51.6 Å². The highest BCUT2D eigenvalue weighted by molar-refractivity contribution is 4.99. The van der Waals surface area contributed by atoms with Crippen LogP contribution in [0.1, 0.15) is 49.1 Å². The van der Waals surface area contributed by atoms with E-state index in [9.17, 15) is 0 Å². The highest BCUT2D eigenvalue weighted by Gasteiger charge is 2.37. The lowest BCUT2D eigenvalue weighted by Gasteiger charge is -2.42. The fraction of sp³-hybridized carbons (Fsp3) is 0.750. The number of ether oxygens (including phenoxy) is 2. The Bertz CT molecular complexity index is 667. The third-order valence-electron chi connectivity index (χ3n) is 4.97. The van der Waals surface area contributed by atoms with Gasteiger partial charge in [0.1, 0.15) is 0 Å². The Hall–Kier alpha value is -1.80. The van der Waals surface area contributed by atoms with Crippen molar-refractivity contribution in [2.24, 2.45) is 5.41 Å². The molecule has 0 amide bonds. The van der Waals surface area contributed by atoms with Gasteiger partial charge >= 0.3 is 0 Å². The molecule has 2 aromatic rings. The first-order chi connectivity index (χ1) is 11.7. The number of rotatable bonds is 4. The van der Waals surface area contributed by atoms with Crippen molar-refractivity contribution in [2.75, 3.05) is 19.8 Å². The molecule has 24 heavy (non-hydrogen) atoms. The minimum atomic E-state index is 0.152. The monoisotopic (exact) mass is 334 g/mol. The molecular weight excluding hydrogens is 312 g/mol. The summed E-state index contributed by atoms with van der Waals surface area (Å²) in [5.41, 5.74) is 0.325. The van der Waals surface area contributed by atoms with Crippen LogP contribution in [0.3, 0.4) is 0 Å². The first-order valence-corrected chi connectivity index (χ1v) is 8.51. The van der Waals surface area contributed by atoms with Crippen LogP contribution in [0.25, 0.3) is 0 Å². The standard InChI is InChI=1S/C16H22N4O4/c1-11-17-13(19-23-11)9-14-18-15(24-20-14)8-12-2-3-16(10-22-12)4-6-21-7-5-16/h12H,2-10H2,1H3. The molecule has 2 aromatic heterocycles. The average Bonchev–Trinajstić information content (AvgIpc) is 3.20. The second kappa shape index (κ2) is 6.60. The zero-order chi connectivity index (χ0) is 16.4. The van der Waals surface area contributed by atoms with Gasteiger partial charge in [0.05, 0.1) is 25.6 Å². The Morgan fingerprint density at radius 2 is 1.83 bits per heavy atom. The molecule has 2 fully saturated rings. The summed E-state index contributed by atoms with van der Waals surface area (Å²) in [7, 11) is 0. The second-order valence-electron chi connectivity index (χ2n) is 6.80. The molecule has 0 aromatic carbocycles. The first-order valence-electron chi connectivity index (χ1n) is 8.51. The number of aromatic nitrogens is 4. The van der Waals surface area contributed by atoms with E-state index in [-0.39, 0.29) is 6.10 Å². The second-order valence-corrected chi connectivity index (χ2v) is 6.80. The largest absolute Gasteiger partial charge is 0.381 e. The number of hydrogen-bond donors (Lipinski definition) is 0. The van der Waals surface area contributed by atoms with E-state index in [0.717, 1.165) is 39.1 Å². The molecule has 2 aliphatic heterocycles. The molecule has 1 spiro atoms. The molecular formula is C16H22N4O4. The van der Waals surface area contributed by atoms with Gasteiger partial charge in [-0.25, -0.2) is 0 Å². The van der Waals surface area contributed by atoms with E-state index in [1.165, 1.54) is 6.42 Å². The van der Waals surface area contributed by atoms with Gasteiger partial charge < -0.3 is 18.5 Å². The van der Waals surface area contributed by atoms with Crippen LogP contribution in [0.15, 0.2) is 9.05 Å². The zero-order valence-electron chi connectivity index (χ0n) is 13.9. The molecule has 130 valence electrons. The molecule has 0 saturated carbocycles. The van der Waals surface area contributed by atoms with E-state index in [2.05, 4.69) is 20.3 Å². The highest BCUT2D eigenvalue weighted by atomic mass is 16.5. The van der Waals surface area contributed by atoms with Gasteiger partial charge in [-0.05, 0) is 31.1 Å². The minimum Gasteiger partial charge on any atom is -0.381 e. The Labute approximate surface area is 139 Å². The van der Waals surface area contributed by atoms with Gasteiger partial charge in [0.15, 0.2) is 11.6 Å². The number of nitrogens with zero attached hydrogens (tertiary/aromatic N) is 4. The molecule has 2 saturated heterocycles. The van der Waals surface area contributed by atoms with Crippen LogP contribution >= 0.6 is 0 Å². The summed E-state index contributed by atoms with van der Waals surface area (Å²) in [6.07, 6.45) is 5.65. The van der Waals surface area contributed by atoms with Crippen molar-refractivity contribution in [3.63, 3.8) is 0 Å². The Morgan fingerprint density at radius 3 is 2.54 bits per heavy atom. The molecule has 1 unspecified atom stereocenters. The fourth-order valence-corrected chi connectivity index (χ4v) is 3.47. The summed E-state index contributed by atoms with van der Waals surface area (Å²) < 4.78 is 21.8. The van der Waals surface area contributed by atoms with Crippen LogP contribution in [-0.4, -0.2) is 46.2 Å². The van der Waals surface area contributed by atoms with Gasteiger partial charge in [-0.3, -0.25) is 0 Å². The molecule has 8 nitrogen and oxygen atoms in total. The van der Waals surface area contributed by atoms with Crippen molar-refractivity contribution < 1.29 is 18.5 Å². The smallest absolute Gasteiger partial charge is 0.229 e. The number of hydrogen-bond acceptors (Lipinski definition) is 8. The Balaban J connectivity index is 1.30. The normalized spacial score (nSPS) is 23.6. The summed E-state index contributed by atoms with van der Waals surface area (Å²) in [6.45, 7) is 4.28. The predicted octanol–water partition coefficient (Wildman–Crippen LogP) is 1.87. The molecule has 4 rings (SSSR count). The van der Waals surface area contributed by atoms with Crippen molar-refractivity contribution in [3.05, 3.63) is 23.4 Å². The van der Waals surface area contributed by atoms with Crippen molar-refractivity contribution in [1.29, 1.82) is 0 Å². The minimum absolute atomic E-state index is 0.152. The predicted molar refractivity (Wildman–Crippen MR) is 81.3 cm³/mol. The van der Waals surface area contributed by atoms with Crippen LogP contribution in [0, 0.1) is 12.3 Å².